The Morgan fingerprint density at radius 2 is 2.12 bits per heavy atom. The van der Waals surface area contributed by atoms with Crippen molar-refractivity contribution < 1.29 is 9.47 Å². The smallest absolute Gasteiger partial charge is 0.255 e. The van der Waals surface area contributed by atoms with Gasteiger partial charge in [-0.3, -0.25) is 9.36 Å². The van der Waals surface area contributed by atoms with Crippen LogP contribution in [0.4, 0.5) is 0 Å². The van der Waals surface area contributed by atoms with Crippen LogP contribution in [0.15, 0.2) is 41.3 Å². The van der Waals surface area contributed by atoms with Crippen LogP contribution in [0, 0.1) is 16.7 Å². The molecule has 1 fully saturated rings. The quantitative estimate of drug-likeness (QED) is 0.817. The molecule has 134 valence electrons. The van der Waals surface area contributed by atoms with E-state index >= 15 is 0 Å². The van der Waals surface area contributed by atoms with Crippen molar-refractivity contribution in [3.05, 3.63) is 57.5 Å². The average molecular weight is 371 g/mol. The molecular weight excluding hydrogens is 352 g/mol. The van der Waals surface area contributed by atoms with Gasteiger partial charge in [-0.25, -0.2) is 0 Å². The number of ether oxygens (including phenoxy) is 2. The van der Waals surface area contributed by atoms with Gasteiger partial charge in [0.15, 0.2) is 0 Å². The Kier molecular flexibility index (Phi) is 4.90. The lowest BCUT2D eigenvalue weighted by atomic mass is 9.88. The lowest BCUT2D eigenvalue weighted by molar-refractivity contribution is -0.0707. The number of allylic oxidation sites excluding steroid dienone is 1. The molecule has 0 radical (unpaired) electrons. The highest BCUT2D eigenvalue weighted by Crippen LogP contribution is 2.34. The van der Waals surface area contributed by atoms with Gasteiger partial charge in [-0.2, -0.15) is 5.26 Å². The van der Waals surface area contributed by atoms with Crippen LogP contribution in [0.2, 0.25) is 5.02 Å². The average Bonchev–Trinajstić information content (AvgIpc) is 2.59. The Hall–Kier alpha value is -2.55. The first kappa shape index (κ1) is 18.2. The van der Waals surface area contributed by atoms with E-state index in [1.165, 1.54) is 13.2 Å². The normalized spacial score (nSPS) is 15.9. The van der Waals surface area contributed by atoms with Gasteiger partial charge in [-0.1, -0.05) is 24.6 Å². The van der Waals surface area contributed by atoms with Crippen LogP contribution in [0.3, 0.4) is 0 Å². The first-order chi connectivity index (χ1) is 12.4. The van der Waals surface area contributed by atoms with Gasteiger partial charge in [0.2, 0.25) is 0 Å². The van der Waals surface area contributed by atoms with E-state index in [0.29, 0.717) is 40.7 Å². The third-order valence-electron chi connectivity index (χ3n) is 4.43. The van der Waals surface area contributed by atoms with Gasteiger partial charge in [0.25, 0.3) is 5.56 Å². The summed E-state index contributed by atoms with van der Waals surface area (Å²) in [6.07, 6.45) is 3.69. The fourth-order valence-electron chi connectivity index (χ4n) is 3.08. The van der Waals surface area contributed by atoms with Crippen LogP contribution < -0.4 is 10.3 Å². The van der Waals surface area contributed by atoms with Crippen molar-refractivity contribution in [1.82, 2.24) is 4.57 Å². The maximum Gasteiger partial charge on any atom is 0.255 e. The summed E-state index contributed by atoms with van der Waals surface area (Å²) >= 11 is 6.08. The largest absolute Gasteiger partial charge is 0.495 e. The maximum absolute atomic E-state index is 12.7. The van der Waals surface area contributed by atoms with Crippen LogP contribution in [0.5, 0.6) is 5.75 Å². The molecule has 0 unspecified atom stereocenters. The van der Waals surface area contributed by atoms with Crippen LogP contribution in [0.1, 0.15) is 19.4 Å². The highest BCUT2D eigenvalue weighted by molar-refractivity contribution is 6.31. The molecule has 1 aliphatic rings. The number of benzene rings is 1. The van der Waals surface area contributed by atoms with E-state index in [2.05, 4.69) is 13.0 Å². The summed E-state index contributed by atoms with van der Waals surface area (Å²) < 4.78 is 12.3. The molecule has 1 aliphatic heterocycles. The Bertz CT molecular complexity index is 982. The molecule has 0 amide bonds. The zero-order valence-electron chi connectivity index (χ0n) is 14.9. The number of aromatic nitrogens is 1. The van der Waals surface area contributed by atoms with Gasteiger partial charge in [0.1, 0.15) is 5.75 Å². The van der Waals surface area contributed by atoms with Gasteiger partial charge in [-0.15, -0.1) is 0 Å². The Labute approximate surface area is 157 Å². The summed E-state index contributed by atoms with van der Waals surface area (Å²) in [4.78, 5) is 12.7. The molecule has 0 bridgehead atoms. The minimum atomic E-state index is -0.206. The van der Waals surface area contributed by atoms with Gasteiger partial charge in [-0.05, 0) is 25.1 Å². The molecule has 2 aromatic rings. The van der Waals surface area contributed by atoms with Gasteiger partial charge >= 0.3 is 0 Å². The predicted octanol–water partition coefficient (Wildman–Crippen LogP) is 3.95. The monoisotopic (exact) mass is 370 g/mol. The second-order valence-electron chi connectivity index (χ2n) is 6.70. The molecule has 0 spiro atoms. The minimum Gasteiger partial charge on any atom is -0.495 e. The van der Waals surface area contributed by atoms with Crippen molar-refractivity contribution in [2.75, 3.05) is 20.3 Å². The topological polar surface area (TPSA) is 64.2 Å². The molecule has 26 heavy (non-hydrogen) atoms. The van der Waals surface area contributed by atoms with Crippen molar-refractivity contribution in [2.45, 2.75) is 13.8 Å². The first-order valence-corrected chi connectivity index (χ1v) is 8.53. The summed E-state index contributed by atoms with van der Waals surface area (Å²) in [6, 6.07) is 8.54. The van der Waals surface area contributed by atoms with Crippen LogP contribution >= 0.6 is 11.6 Å². The van der Waals surface area contributed by atoms with Crippen molar-refractivity contribution in [2.24, 2.45) is 5.41 Å². The number of nitriles is 1. The SMILES string of the molecule is COc1cn(C(C)=CC2(C)COC2)c(=O)cc1-c1cc(Cl)ccc1C#N. The number of nitrogens with zero attached hydrogens (tertiary/aromatic N) is 2. The van der Waals surface area contributed by atoms with Crippen molar-refractivity contribution in [3.63, 3.8) is 0 Å². The van der Waals surface area contributed by atoms with Crippen LogP contribution in [-0.4, -0.2) is 24.9 Å². The van der Waals surface area contributed by atoms with E-state index in [1.807, 2.05) is 13.0 Å². The molecule has 0 atom stereocenters. The molecular formula is C20H19ClN2O3. The van der Waals surface area contributed by atoms with E-state index in [0.717, 1.165) is 5.70 Å². The molecule has 1 aromatic heterocycles. The molecule has 6 heteroatoms. The van der Waals surface area contributed by atoms with E-state index in [1.54, 1.807) is 29.0 Å². The van der Waals surface area contributed by atoms with E-state index in [4.69, 9.17) is 21.1 Å². The summed E-state index contributed by atoms with van der Waals surface area (Å²) in [5.41, 5.74) is 2.08. The Morgan fingerprint density at radius 1 is 1.38 bits per heavy atom. The van der Waals surface area contributed by atoms with Gasteiger partial charge < -0.3 is 9.47 Å². The number of halogens is 1. The van der Waals surface area contributed by atoms with E-state index in [9.17, 15) is 10.1 Å². The van der Waals surface area contributed by atoms with E-state index in [-0.39, 0.29) is 11.0 Å². The zero-order chi connectivity index (χ0) is 18.9. The second-order valence-corrected chi connectivity index (χ2v) is 7.13. The van der Waals surface area contributed by atoms with Gasteiger partial charge in [0.05, 0.1) is 38.2 Å². The second kappa shape index (κ2) is 6.99. The van der Waals surface area contributed by atoms with Crippen LogP contribution in [0.25, 0.3) is 16.8 Å². The zero-order valence-corrected chi connectivity index (χ0v) is 15.6. The molecule has 3 rings (SSSR count). The van der Waals surface area contributed by atoms with E-state index < -0.39 is 0 Å². The fourth-order valence-corrected chi connectivity index (χ4v) is 3.25. The number of methoxy groups -OCH3 is 1. The molecule has 2 heterocycles. The highest BCUT2D eigenvalue weighted by Gasteiger charge is 2.31. The highest BCUT2D eigenvalue weighted by atomic mass is 35.5. The van der Waals surface area contributed by atoms with Crippen LogP contribution in [-0.2, 0) is 4.74 Å². The third-order valence-corrected chi connectivity index (χ3v) is 4.67. The predicted molar refractivity (Wildman–Crippen MR) is 101 cm³/mol. The van der Waals surface area contributed by atoms with Gasteiger partial charge in [0, 0.05) is 33.3 Å². The number of hydrogen-bond donors (Lipinski definition) is 0. The molecule has 5 nitrogen and oxygen atoms in total. The van der Waals surface area contributed by atoms with Crippen molar-refractivity contribution in [3.8, 4) is 22.9 Å². The molecule has 1 saturated heterocycles. The molecule has 0 saturated carbocycles. The Balaban J connectivity index is 2.14. The molecule has 1 aromatic carbocycles. The standard InChI is InChI=1S/C20H19ClN2O3/c1-13(8-20(2)11-26-12-20)23-10-18(25-3)17(7-19(23)24)16-6-15(21)5-4-14(16)9-22/h4-8,10H,11-12H2,1-3H3. The first-order valence-electron chi connectivity index (χ1n) is 8.15. The van der Waals surface area contributed by atoms with Crippen molar-refractivity contribution in [1.29, 1.82) is 5.26 Å². The number of rotatable bonds is 4. The summed E-state index contributed by atoms with van der Waals surface area (Å²) in [6.45, 7) is 5.25. The van der Waals surface area contributed by atoms with Crippen molar-refractivity contribution >= 4 is 17.3 Å². The molecule has 0 aliphatic carbocycles. The fraction of sp³-hybridized carbons (Fsp3) is 0.300. The summed E-state index contributed by atoms with van der Waals surface area (Å²) in [5, 5.41) is 9.85. The summed E-state index contributed by atoms with van der Waals surface area (Å²) in [5.74, 6) is 0.492. The third kappa shape index (κ3) is 3.39. The lowest BCUT2D eigenvalue weighted by Gasteiger charge is -2.35. The summed E-state index contributed by atoms with van der Waals surface area (Å²) in [7, 11) is 1.53. The number of hydrogen-bond acceptors (Lipinski definition) is 4. The maximum atomic E-state index is 12.7. The lowest BCUT2D eigenvalue weighted by Crippen LogP contribution is -2.38. The Morgan fingerprint density at radius 3 is 2.69 bits per heavy atom. The minimum absolute atomic E-state index is 0.0592. The molecule has 0 N–H and O–H groups in total. The number of pyridine rings is 1.